The van der Waals surface area contributed by atoms with E-state index in [1.54, 1.807) is 13.0 Å². The maximum Gasteiger partial charge on any atom is 0.291 e. The number of hydrogen-bond acceptors (Lipinski definition) is 6. The fourth-order valence-electron chi connectivity index (χ4n) is 4.35. The first kappa shape index (κ1) is 23.4. The van der Waals surface area contributed by atoms with Gasteiger partial charge >= 0.3 is 0 Å². The average Bonchev–Trinajstić information content (AvgIpc) is 3.40. The minimum absolute atomic E-state index is 0.00872. The fourth-order valence-corrected chi connectivity index (χ4v) is 6.15. The number of rotatable bonds is 4. The Bertz CT molecular complexity index is 1370. The predicted molar refractivity (Wildman–Crippen MR) is 126 cm³/mol. The van der Waals surface area contributed by atoms with Gasteiger partial charge in [-0.05, 0) is 43.3 Å². The number of amides is 1. The molecule has 1 spiro atoms. The molecule has 2 fully saturated rings. The number of anilines is 1. The number of hydrogen-bond donors (Lipinski definition) is 1. The average molecular weight is 553 g/mol. The van der Waals surface area contributed by atoms with Gasteiger partial charge in [-0.1, -0.05) is 15.9 Å². The Labute approximate surface area is 204 Å². The van der Waals surface area contributed by atoms with E-state index < -0.39 is 27.5 Å². The molecule has 2 aromatic carbocycles. The smallest absolute Gasteiger partial charge is 0.291 e. The maximum absolute atomic E-state index is 14.1. The van der Waals surface area contributed by atoms with E-state index in [-0.39, 0.29) is 29.4 Å². The number of halogens is 2. The Kier molecular flexibility index (Phi) is 6.01. The van der Waals surface area contributed by atoms with Crippen molar-refractivity contribution in [3.05, 3.63) is 58.0 Å². The first-order valence-corrected chi connectivity index (χ1v) is 13.0. The van der Waals surface area contributed by atoms with Crippen LogP contribution in [0.5, 0.6) is 0 Å². The summed E-state index contributed by atoms with van der Waals surface area (Å²) in [6.45, 7) is 3.28. The van der Waals surface area contributed by atoms with Crippen molar-refractivity contribution < 1.29 is 31.5 Å². The summed E-state index contributed by atoms with van der Waals surface area (Å²) in [5.74, 6) is -1.91. The molecule has 180 valence electrons. The van der Waals surface area contributed by atoms with Crippen molar-refractivity contribution in [2.45, 2.75) is 30.4 Å². The predicted octanol–water partition coefficient (Wildman–Crippen LogP) is 4.42. The topological polar surface area (TPSA) is 98.1 Å². The van der Waals surface area contributed by atoms with Crippen LogP contribution in [-0.2, 0) is 19.5 Å². The molecule has 0 atom stereocenters. The molecule has 1 amide bonds. The van der Waals surface area contributed by atoms with Gasteiger partial charge in [-0.2, -0.15) is 4.31 Å². The van der Waals surface area contributed by atoms with Gasteiger partial charge < -0.3 is 19.2 Å². The van der Waals surface area contributed by atoms with E-state index in [4.69, 9.17) is 13.9 Å². The molecule has 1 aromatic heterocycles. The highest BCUT2D eigenvalue weighted by Crippen LogP contribution is 2.35. The van der Waals surface area contributed by atoms with Gasteiger partial charge in [-0.3, -0.25) is 4.79 Å². The van der Waals surface area contributed by atoms with Crippen LogP contribution in [0, 0.1) is 12.7 Å². The second-order valence-electron chi connectivity index (χ2n) is 8.30. The second kappa shape index (κ2) is 8.72. The van der Waals surface area contributed by atoms with E-state index in [1.165, 1.54) is 34.6 Å². The molecule has 0 bridgehead atoms. The molecule has 11 heteroatoms. The number of benzene rings is 2. The van der Waals surface area contributed by atoms with Gasteiger partial charge in [0, 0.05) is 41.4 Å². The lowest BCUT2D eigenvalue weighted by molar-refractivity contribution is -0.179. The van der Waals surface area contributed by atoms with Crippen LogP contribution >= 0.6 is 15.9 Å². The van der Waals surface area contributed by atoms with Crippen LogP contribution in [0.15, 0.2) is 50.2 Å². The standard InChI is InChI=1S/C23H22BrFN2O6S/c1-14-17-13-16(34(29,30)27-8-6-23(7-9-27)31-10-11-32-23)3-5-20(17)33-21(14)22(28)26-19-4-2-15(24)12-18(19)25/h2-5,12-13H,6-11H2,1H3,(H,26,28). The van der Waals surface area contributed by atoms with E-state index in [2.05, 4.69) is 21.2 Å². The van der Waals surface area contributed by atoms with Crippen molar-refractivity contribution in [2.24, 2.45) is 0 Å². The van der Waals surface area contributed by atoms with E-state index in [0.29, 0.717) is 47.1 Å². The van der Waals surface area contributed by atoms with Gasteiger partial charge in [0.25, 0.3) is 5.91 Å². The third-order valence-electron chi connectivity index (χ3n) is 6.23. The monoisotopic (exact) mass is 552 g/mol. The summed E-state index contributed by atoms with van der Waals surface area (Å²) in [5, 5.41) is 3.00. The number of aryl methyl sites for hydroxylation is 1. The number of sulfonamides is 1. The molecule has 0 radical (unpaired) electrons. The summed E-state index contributed by atoms with van der Waals surface area (Å²) >= 11 is 3.17. The highest BCUT2D eigenvalue weighted by Gasteiger charge is 2.42. The molecule has 2 saturated heterocycles. The molecule has 2 aliphatic rings. The summed E-state index contributed by atoms with van der Waals surface area (Å²) < 4.78 is 59.7. The molecule has 8 nitrogen and oxygen atoms in total. The summed E-state index contributed by atoms with van der Waals surface area (Å²) in [5.41, 5.74) is 0.838. The van der Waals surface area contributed by atoms with Crippen LogP contribution in [0.3, 0.4) is 0 Å². The Hall–Kier alpha value is -2.31. The van der Waals surface area contributed by atoms with Crippen molar-refractivity contribution in [2.75, 3.05) is 31.6 Å². The minimum Gasteiger partial charge on any atom is -0.451 e. The lowest BCUT2D eigenvalue weighted by Crippen LogP contribution is -2.47. The van der Waals surface area contributed by atoms with Gasteiger partial charge in [-0.25, -0.2) is 12.8 Å². The lowest BCUT2D eigenvalue weighted by atomic mass is 10.1. The van der Waals surface area contributed by atoms with Gasteiger partial charge in [0.1, 0.15) is 11.4 Å². The second-order valence-corrected chi connectivity index (χ2v) is 11.2. The van der Waals surface area contributed by atoms with Gasteiger partial charge in [0.2, 0.25) is 10.0 Å². The number of nitrogens with zero attached hydrogens (tertiary/aromatic N) is 1. The fraction of sp³-hybridized carbons (Fsp3) is 0.348. The molecular formula is C23H22BrFN2O6S. The third-order valence-corrected chi connectivity index (χ3v) is 8.62. The molecule has 0 unspecified atom stereocenters. The molecule has 2 aliphatic heterocycles. The van der Waals surface area contributed by atoms with Crippen molar-refractivity contribution in [3.8, 4) is 0 Å². The normalized spacial score (nSPS) is 18.6. The summed E-state index contributed by atoms with van der Waals surface area (Å²) in [4.78, 5) is 12.9. The summed E-state index contributed by atoms with van der Waals surface area (Å²) in [6.07, 6.45) is 0.937. The zero-order valence-corrected chi connectivity index (χ0v) is 20.7. The van der Waals surface area contributed by atoms with Crippen LogP contribution in [-0.4, -0.2) is 50.7 Å². The van der Waals surface area contributed by atoms with Crippen molar-refractivity contribution in [1.82, 2.24) is 4.31 Å². The zero-order valence-electron chi connectivity index (χ0n) is 18.3. The first-order valence-electron chi connectivity index (χ1n) is 10.8. The van der Waals surface area contributed by atoms with Gasteiger partial charge in [0.05, 0.1) is 23.8 Å². The van der Waals surface area contributed by atoms with E-state index in [1.807, 2.05) is 0 Å². The summed E-state index contributed by atoms with van der Waals surface area (Å²) in [6, 6.07) is 8.78. The quantitative estimate of drug-likeness (QED) is 0.514. The van der Waals surface area contributed by atoms with Crippen molar-refractivity contribution in [1.29, 1.82) is 0 Å². The molecule has 3 aromatic rings. The Balaban J connectivity index is 1.39. The lowest BCUT2D eigenvalue weighted by Gasteiger charge is -2.36. The van der Waals surface area contributed by atoms with E-state index in [9.17, 15) is 17.6 Å². The minimum atomic E-state index is -3.76. The number of nitrogens with one attached hydrogen (secondary N) is 1. The SMILES string of the molecule is Cc1c(C(=O)Nc2ccc(Br)cc2F)oc2ccc(S(=O)(=O)N3CCC4(CC3)OCCO4)cc12. The van der Waals surface area contributed by atoms with Crippen LogP contribution < -0.4 is 5.32 Å². The van der Waals surface area contributed by atoms with Gasteiger partial charge in [0.15, 0.2) is 11.5 Å². The summed E-state index contributed by atoms with van der Waals surface area (Å²) in [7, 11) is -3.76. The van der Waals surface area contributed by atoms with Crippen LogP contribution in [0.4, 0.5) is 10.1 Å². The molecular weight excluding hydrogens is 531 g/mol. The van der Waals surface area contributed by atoms with Crippen LogP contribution in [0.25, 0.3) is 11.0 Å². The molecule has 5 rings (SSSR count). The highest BCUT2D eigenvalue weighted by molar-refractivity contribution is 9.10. The Morgan fingerprint density at radius 1 is 1.12 bits per heavy atom. The number of piperidine rings is 1. The molecule has 1 N–H and O–H groups in total. The largest absolute Gasteiger partial charge is 0.451 e. The third kappa shape index (κ3) is 4.16. The first-order chi connectivity index (χ1) is 16.2. The molecule has 0 aliphatic carbocycles. The van der Waals surface area contributed by atoms with Gasteiger partial charge in [-0.15, -0.1) is 0 Å². The zero-order chi connectivity index (χ0) is 24.1. The van der Waals surface area contributed by atoms with Crippen molar-refractivity contribution >= 4 is 48.5 Å². The number of ether oxygens (including phenoxy) is 2. The van der Waals surface area contributed by atoms with E-state index >= 15 is 0 Å². The Morgan fingerprint density at radius 3 is 2.50 bits per heavy atom. The van der Waals surface area contributed by atoms with Crippen LogP contribution in [0.2, 0.25) is 0 Å². The van der Waals surface area contributed by atoms with Crippen molar-refractivity contribution in [3.63, 3.8) is 0 Å². The molecule has 34 heavy (non-hydrogen) atoms. The highest BCUT2D eigenvalue weighted by atomic mass is 79.9. The molecule has 3 heterocycles. The number of fused-ring (bicyclic) bond motifs is 1. The van der Waals surface area contributed by atoms with Crippen LogP contribution in [0.1, 0.15) is 29.0 Å². The molecule has 0 saturated carbocycles. The number of furan rings is 1. The Morgan fingerprint density at radius 2 is 1.82 bits per heavy atom. The number of carbonyl (C=O) groups excluding carboxylic acids is 1. The van der Waals surface area contributed by atoms with E-state index in [0.717, 1.165) is 0 Å². The number of carbonyl (C=O) groups is 1. The maximum atomic E-state index is 14.1.